The third kappa shape index (κ3) is 5.41. The molecule has 0 aliphatic rings. The van der Waals surface area contributed by atoms with Crippen LogP contribution in [0, 0.1) is 0 Å². The van der Waals surface area contributed by atoms with Gasteiger partial charge in [-0.15, -0.1) is 0 Å². The summed E-state index contributed by atoms with van der Waals surface area (Å²) in [5.41, 5.74) is 1.63. The Labute approximate surface area is 151 Å². The second-order valence-corrected chi connectivity index (χ2v) is 5.60. The summed E-state index contributed by atoms with van der Waals surface area (Å²) in [6.07, 6.45) is 0.208. The van der Waals surface area contributed by atoms with E-state index in [1.807, 2.05) is 30.3 Å². The lowest BCUT2D eigenvalue weighted by molar-refractivity contribution is -0.139. The summed E-state index contributed by atoms with van der Waals surface area (Å²) in [6.45, 7) is 0.226. The summed E-state index contributed by atoms with van der Waals surface area (Å²) in [5, 5.41) is 14.5. The van der Waals surface area contributed by atoms with Gasteiger partial charge in [0.25, 0.3) is 0 Å². The van der Waals surface area contributed by atoms with Crippen LogP contribution in [0.25, 0.3) is 0 Å². The SMILES string of the molecule is COc1ccc(CNC(=O)NC(Cc2ccccc2)C(=O)O)cc1OC. The first kappa shape index (κ1) is 19.1. The largest absolute Gasteiger partial charge is 0.493 e. The van der Waals surface area contributed by atoms with Crippen molar-refractivity contribution in [1.29, 1.82) is 0 Å². The van der Waals surface area contributed by atoms with E-state index in [-0.39, 0.29) is 13.0 Å². The number of hydrogen-bond acceptors (Lipinski definition) is 4. The monoisotopic (exact) mass is 358 g/mol. The van der Waals surface area contributed by atoms with Crippen LogP contribution in [-0.2, 0) is 17.8 Å². The number of carboxylic acid groups (broad SMARTS) is 1. The standard InChI is InChI=1S/C19H22N2O5/c1-25-16-9-8-14(11-17(16)26-2)12-20-19(24)21-15(18(22)23)10-13-6-4-3-5-7-13/h3-9,11,15H,10,12H2,1-2H3,(H,22,23)(H2,20,21,24). The van der Waals surface area contributed by atoms with Crippen LogP contribution in [0.3, 0.4) is 0 Å². The first-order valence-corrected chi connectivity index (χ1v) is 8.05. The zero-order valence-corrected chi connectivity index (χ0v) is 14.7. The van der Waals surface area contributed by atoms with Crippen LogP contribution >= 0.6 is 0 Å². The average molecular weight is 358 g/mol. The van der Waals surface area contributed by atoms with Gasteiger partial charge < -0.3 is 25.2 Å². The predicted octanol–water partition coefficient (Wildman–Crippen LogP) is 2.20. The number of rotatable bonds is 8. The van der Waals surface area contributed by atoms with Crippen molar-refractivity contribution in [3.8, 4) is 11.5 Å². The number of amides is 2. The van der Waals surface area contributed by atoms with Crippen LogP contribution in [-0.4, -0.2) is 37.4 Å². The number of ether oxygens (including phenoxy) is 2. The smallest absolute Gasteiger partial charge is 0.326 e. The molecule has 2 amide bonds. The van der Waals surface area contributed by atoms with E-state index in [4.69, 9.17) is 9.47 Å². The Bertz CT molecular complexity index is 749. The molecule has 0 aromatic heterocycles. The van der Waals surface area contributed by atoms with Gasteiger partial charge in [-0.2, -0.15) is 0 Å². The van der Waals surface area contributed by atoms with Crippen molar-refractivity contribution in [2.45, 2.75) is 19.0 Å². The third-order valence-electron chi connectivity index (χ3n) is 3.79. The molecule has 7 heteroatoms. The van der Waals surface area contributed by atoms with Crippen molar-refractivity contribution in [2.24, 2.45) is 0 Å². The molecule has 0 fully saturated rings. The molecule has 0 aliphatic carbocycles. The van der Waals surface area contributed by atoms with Crippen molar-refractivity contribution in [2.75, 3.05) is 14.2 Å². The summed E-state index contributed by atoms with van der Waals surface area (Å²) >= 11 is 0. The van der Waals surface area contributed by atoms with Crippen molar-refractivity contribution < 1.29 is 24.2 Å². The first-order valence-electron chi connectivity index (χ1n) is 8.05. The van der Waals surface area contributed by atoms with Gasteiger partial charge in [-0.05, 0) is 23.3 Å². The molecule has 0 radical (unpaired) electrons. The average Bonchev–Trinajstić information content (AvgIpc) is 2.66. The summed E-state index contributed by atoms with van der Waals surface area (Å²) in [4.78, 5) is 23.5. The van der Waals surface area contributed by atoms with Gasteiger partial charge in [0.2, 0.25) is 0 Å². The van der Waals surface area contributed by atoms with Gasteiger partial charge >= 0.3 is 12.0 Å². The molecule has 26 heavy (non-hydrogen) atoms. The molecule has 0 saturated carbocycles. The maximum atomic E-state index is 12.1. The van der Waals surface area contributed by atoms with Gasteiger partial charge in [-0.25, -0.2) is 9.59 Å². The lowest BCUT2D eigenvalue weighted by atomic mass is 10.1. The highest BCUT2D eigenvalue weighted by Crippen LogP contribution is 2.27. The second-order valence-electron chi connectivity index (χ2n) is 5.60. The number of methoxy groups -OCH3 is 2. The minimum absolute atomic E-state index is 0.208. The fourth-order valence-corrected chi connectivity index (χ4v) is 2.43. The number of nitrogens with one attached hydrogen (secondary N) is 2. The van der Waals surface area contributed by atoms with E-state index < -0.39 is 18.0 Å². The number of carboxylic acids is 1. The number of aliphatic carboxylic acids is 1. The molecule has 1 unspecified atom stereocenters. The van der Waals surface area contributed by atoms with Gasteiger partial charge in [0.1, 0.15) is 6.04 Å². The molecule has 0 saturated heterocycles. The number of urea groups is 1. The van der Waals surface area contributed by atoms with Gasteiger partial charge in [0.05, 0.1) is 14.2 Å². The van der Waals surface area contributed by atoms with E-state index in [0.717, 1.165) is 11.1 Å². The predicted molar refractivity (Wildman–Crippen MR) is 96.5 cm³/mol. The van der Waals surface area contributed by atoms with Crippen LogP contribution in [0.1, 0.15) is 11.1 Å². The summed E-state index contributed by atoms with van der Waals surface area (Å²) < 4.78 is 10.4. The molecular weight excluding hydrogens is 336 g/mol. The number of carbonyl (C=O) groups is 2. The maximum Gasteiger partial charge on any atom is 0.326 e. The molecule has 2 aromatic rings. The maximum absolute atomic E-state index is 12.1. The lowest BCUT2D eigenvalue weighted by Gasteiger charge is -2.16. The number of carbonyl (C=O) groups excluding carboxylic acids is 1. The summed E-state index contributed by atoms with van der Waals surface area (Å²) in [7, 11) is 3.07. The van der Waals surface area contributed by atoms with Crippen LogP contribution < -0.4 is 20.1 Å². The topological polar surface area (TPSA) is 96.9 Å². The van der Waals surface area contributed by atoms with E-state index in [9.17, 15) is 14.7 Å². The number of hydrogen-bond donors (Lipinski definition) is 3. The van der Waals surface area contributed by atoms with Crippen molar-refractivity contribution in [1.82, 2.24) is 10.6 Å². The molecule has 0 heterocycles. The molecule has 0 aliphatic heterocycles. The Morgan fingerprint density at radius 1 is 1.00 bits per heavy atom. The fraction of sp³-hybridized carbons (Fsp3) is 0.263. The highest BCUT2D eigenvalue weighted by Gasteiger charge is 2.20. The van der Waals surface area contributed by atoms with E-state index in [1.165, 1.54) is 7.11 Å². The Morgan fingerprint density at radius 2 is 1.69 bits per heavy atom. The molecule has 0 bridgehead atoms. The molecular formula is C19H22N2O5. The van der Waals surface area contributed by atoms with Gasteiger partial charge in [-0.3, -0.25) is 0 Å². The highest BCUT2D eigenvalue weighted by molar-refractivity contribution is 5.82. The lowest BCUT2D eigenvalue weighted by Crippen LogP contribution is -2.46. The van der Waals surface area contributed by atoms with Crippen molar-refractivity contribution >= 4 is 12.0 Å². The zero-order valence-electron chi connectivity index (χ0n) is 14.7. The molecule has 0 spiro atoms. The van der Waals surface area contributed by atoms with E-state index >= 15 is 0 Å². The van der Waals surface area contributed by atoms with E-state index in [0.29, 0.717) is 11.5 Å². The normalized spacial score (nSPS) is 11.3. The summed E-state index contributed by atoms with van der Waals surface area (Å²) in [6, 6.07) is 12.9. The first-order chi connectivity index (χ1) is 12.5. The quantitative estimate of drug-likeness (QED) is 0.672. The van der Waals surface area contributed by atoms with E-state index in [1.54, 1.807) is 25.3 Å². The Hall–Kier alpha value is -3.22. The van der Waals surface area contributed by atoms with Gasteiger partial charge in [-0.1, -0.05) is 36.4 Å². The second kappa shape index (κ2) is 9.31. The molecule has 2 rings (SSSR count). The van der Waals surface area contributed by atoms with Crippen LogP contribution in [0.5, 0.6) is 11.5 Å². The number of benzene rings is 2. The Kier molecular flexibility index (Phi) is 6.84. The fourth-order valence-electron chi connectivity index (χ4n) is 2.43. The molecule has 3 N–H and O–H groups in total. The molecule has 7 nitrogen and oxygen atoms in total. The van der Waals surface area contributed by atoms with Crippen LogP contribution in [0.4, 0.5) is 4.79 Å². The van der Waals surface area contributed by atoms with Gasteiger partial charge in [0.15, 0.2) is 11.5 Å². The Balaban J connectivity index is 1.93. The highest BCUT2D eigenvalue weighted by atomic mass is 16.5. The zero-order chi connectivity index (χ0) is 18.9. The van der Waals surface area contributed by atoms with Crippen LogP contribution in [0.15, 0.2) is 48.5 Å². The Morgan fingerprint density at radius 3 is 2.31 bits per heavy atom. The molecule has 1 atom stereocenters. The van der Waals surface area contributed by atoms with Crippen molar-refractivity contribution in [3.63, 3.8) is 0 Å². The minimum Gasteiger partial charge on any atom is -0.493 e. The van der Waals surface area contributed by atoms with Crippen LogP contribution in [0.2, 0.25) is 0 Å². The van der Waals surface area contributed by atoms with Gasteiger partial charge in [0, 0.05) is 13.0 Å². The van der Waals surface area contributed by atoms with E-state index in [2.05, 4.69) is 10.6 Å². The summed E-state index contributed by atoms with van der Waals surface area (Å²) in [5.74, 6) is 0.0596. The third-order valence-corrected chi connectivity index (χ3v) is 3.79. The molecule has 2 aromatic carbocycles. The molecule has 138 valence electrons. The minimum atomic E-state index is -1.09. The van der Waals surface area contributed by atoms with Crippen molar-refractivity contribution in [3.05, 3.63) is 59.7 Å².